The highest BCUT2D eigenvalue weighted by Gasteiger charge is 2.30. The lowest BCUT2D eigenvalue weighted by Gasteiger charge is -2.37. The average molecular weight is 361 g/mol. The quantitative estimate of drug-likeness (QED) is 0.609. The normalized spacial score (nSPS) is 18.9. The first kappa shape index (κ1) is 18.1. The minimum atomic E-state index is -0.498. The molecule has 1 saturated heterocycles. The Balaban J connectivity index is 1.49. The van der Waals surface area contributed by atoms with E-state index in [-0.39, 0.29) is 23.7 Å². The van der Waals surface area contributed by atoms with E-state index in [0.717, 1.165) is 12.8 Å². The molecule has 3 amide bonds. The molecule has 9 heteroatoms. The van der Waals surface area contributed by atoms with Crippen LogP contribution >= 0.6 is 0 Å². The predicted octanol–water partition coefficient (Wildman–Crippen LogP) is 1.41. The number of hydrogen-bond donors (Lipinski definition) is 2. The standard InChI is InChI=1S/C17H23N5O4/c1-12(16(23)18-13-5-6-13)20-7-9-21(10-8-20)17(24)19-14-3-2-4-15(11-14)22(25)26/h2-4,11-13H,5-10H2,1H3,(H,18,23)(H,19,24). The number of non-ortho nitro benzene ring substituents is 1. The van der Waals surface area contributed by atoms with Gasteiger partial charge in [0, 0.05) is 50.0 Å². The van der Waals surface area contributed by atoms with Crippen LogP contribution in [0.1, 0.15) is 19.8 Å². The Morgan fingerprint density at radius 2 is 1.92 bits per heavy atom. The number of nitrogens with zero attached hydrogens (tertiary/aromatic N) is 3. The number of hydrogen-bond acceptors (Lipinski definition) is 5. The van der Waals surface area contributed by atoms with Gasteiger partial charge in [0.2, 0.25) is 5.91 Å². The molecule has 1 aromatic carbocycles. The summed E-state index contributed by atoms with van der Waals surface area (Å²) in [7, 11) is 0. The van der Waals surface area contributed by atoms with Gasteiger partial charge in [0.1, 0.15) is 0 Å². The van der Waals surface area contributed by atoms with E-state index in [1.54, 1.807) is 11.0 Å². The zero-order valence-electron chi connectivity index (χ0n) is 14.7. The van der Waals surface area contributed by atoms with Gasteiger partial charge in [-0.15, -0.1) is 0 Å². The number of rotatable bonds is 5. The van der Waals surface area contributed by atoms with Crippen molar-refractivity contribution in [1.29, 1.82) is 0 Å². The molecule has 1 saturated carbocycles. The Morgan fingerprint density at radius 1 is 1.23 bits per heavy atom. The second-order valence-electron chi connectivity index (χ2n) is 6.72. The number of carbonyl (C=O) groups excluding carboxylic acids is 2. The number of urea groups is 1. The van der Waals surface area contributed by atoms with Crippen molar-refractivity contribution in [3.8, 4) is 0 Å². The first-order valence-electron chi connectivity index (χ1n) is 8.79. The Kier molecular flexibility index (Phi) is 5.36. The summed E-state index contributed by atoms with van der Waals surface area (Å²) in [4.78, 5) is 38.5. The molecule has 0 bridgehead atoms. The fourth-order valence-corrected chi connectivity index (χ4v) is 2.93. The van der Waals surface area contributed by atoms with E-state index in [0.29, 0.717) is 37.9 Å². The summed E-state index contributed by atoms with van der Waals surface area (Å²) < 4.78 is 0. The van der Waals surface area contributed by atoms with Crippen molar-refractivity contribution in [3.05, 3.63) is 34.4 Å². The van der Waals surface area contributed by atoms with Gasteiger partial charge in [-0.2, -0.15) is 0 Å². The molecule has 1 aromatic rings. The molecule has 0 spiro atoms. The molecule has 1 heterocycles. The Hall–Kier alpha value is -2.68. The summed E-state index contributed by atoms with van der Waals surface area (Å²) in [5.41, 5.74) is 0.326. The Labute approximate surface area is 151 Å². The summed E-state index contributed by atoms with van der Waals surface area (Å²) in [6, 6.07) is 5.70. The number of nitro groups is 1. The van der Waals surface area contributed by atoms with Gasteiger partial charge in [-0.25, -0.2) is 4.79 Å². The molecule has 2 aliphatic rings. The molecule has 2 N–H and O–H groups in total. The van der Waals surface area contributed by atoms with Crippen LogP contribution in [0, 0.1) is 10.1 Å². The van der Waals surface area contributed by atoms with Crippen LogP contribution in [0.5, 0.6) is 0 Å². The molecule has 0 aromatic heterocycles. The summed E-state index contributed by atoms with van der Waals surface area (Å²) >= 11 is 0. The van der Waals surface area contributed by atoms with Gasteiger partial charge >= 0.3 is 6.03 Å². The van der Waals surface area contributed by atoms with Crippen LogP contribution < -0.4 is 10.6 Å². The molecular formula is C17H23N5O4. The van der Waals surface area contributed by atoms with Gasteiger partial charge in [0.25, 0.3) is 5.69 Å². The fraction of sp³-hybridized carbons (Fsp3) is 0.529. The molecular weight excluding hydrogens is 338 g/mol. The minimum absolute atomic E-state index is 0.0435. The largest absolute Gasteiger partial charge is 0.352 e. The van der Waals surface area contributed by atoms with Crippen molar-refractivity contribution in [2.24, 2.45) is 0 Å². The maximum absolute atomic E-state index is 12.4. The van der Waals surface area contributed by atoms with E-state index < -0.39 is 4.92 Å². The maximum Gasteiger partial charge on any atom is 0.321 e. The molecule has 1 aliphatic carbocycles. The van der Waals surface area contributed by atoms with Crippen LogP contribution in [0.3, 0.4) is 0 Å². The zero-order valence-corrected chi connectivity index (χ0v) is 14.7. The van der Waals surface area contributed by atoms with Gasteiger partial charge in [-0.3, -0.25) is 19.8 Å². The Bertz CT molecular complexity index is 698. The summed E-state index contributed by atoms with van der Waals surface area (Å²) in [6.07, 6.45) is 2.12. The summed E-state index contributed by atoms with van der Waals surface area (Å²) in [5, 5.41) is 16.5. The van der Waals surface area contributed by atoms with E-state index in [2.05, 4.69) is 15.5 Å². The molecule has 1 atom stereocenters. The van der Waals surface area contributed by atoms with Crippen molar-refractivity contribution in [2.45, 2.75) is 31.8 Å². The number of carbonyl (C=O) groups is 2. The highest BCUT2D eigenvalue weighted by molar-refractivity contribution is 5.89. The van der Waals surface area contributed by atoms with Crippen molar-refractivity contribution >= 4 is 23.3 Å². The van der Waals surface area contributed by atoms with Crippen molar-refractivity contribution in [1.82, 2.24) is 15.1 Å². The van der Waals surface area contributed by atoms with E-state index >= 15 is 0 Å². The molecule has 1 unspecified atom stereocenters. The van der Waals surface area contributed by atoms with Crippen LogP contribution in [-0.4, -0.2) is 64.9 Å². The van der Waals surface area contributed by atoms with Gasteiger partial charge in [-0.1, -0.05) is 6.07 Å². The zero-order chi connectivity index (χ0) is 18.7. The van der Waals surface area contributed by atoms with E-state index in [1.807, 2.05) is 6.92 Å². The average Bonchev–Trinajstić information content (AvgIpc) is 3.45. The van der Waals surface area contributed by atoms with Crippen LogP contribution in [0.25, 0.3) is 0 Å². The molecule has 9 nitrogen and oxygen atoms in total. The fourth-order valence-electron chi connectivity index (χ4n) is 2.93. The molecule has 0 radical (unpaired) electrons. The molecule has 26 heavy (non-hydrogen) atoms. The van der Waals surface area contributed by atoms with Gasteiger partial charge in [0.15, 0.2) is 0 Å². The first-order valence-corrected chi connectivity index (χ1v) is 8.79. The maximum atomic E-state index is 12.4. The number of nitrogens with one attached hydrogen (secondary N) is 2. The topological polar surface area (TPSA) is 108 Å². The monoisotopic (exact) mass is 361 g/mol. The van der Waals surface area contributed by atoms with Gasteiger partial charge in [-0.05, 0) is 25.8 Å². The van der Waals surface area contributed by atoms with E-state index in [1.165, 1.54) is 18.2 Å². The lowest BCUT2D eigenvalue weighted by atomic mass is 10.2. The van der Waals surface area contributed by atoms with Gasteiger partial charge < -0.3 is 15.5 Å². The number of anilines is 1. The highest BCUT2D eigenvalue weighted by Crippen LogP contribution is 2.20. The SMILES string of the molecule is CC(C(=O)NC1CC1)N1CCN(C(=O)Nc2cccc([N+](=O)[O-])c2)CC1. The molecule has 3 rings (SSSR count). The minimum Gasteiger partial charge on any atom is -0.352 e. The first-order chi connectivity index (χ1) is 12.4. The van der Waals surface area contributed by atoms with Crippen LogP contribution in [0.4, 0.5) is 16.2 Å². The van der Waals surface area contributed by atoms with Crippen molar-refractivity contribution < 1.29 is 14.5 Å². The third-order valence-corrected chi connectivity index (χ3v) is 4.76. The van der Waals surface area contributed by atoms with Crippen LogP contribution in [0.2, 0.25) is 0 Å². The Morgan fingerprint density at radius 3 is 2.54 bits per heavy atom. The number of piperazine rings is 1. The molecule has 2 fully saturated rings. The predicted molar refractivity (Wildman–Crippen MR) is 95.9 cm³/mol. The number of amides is 3. The van der Waals surface area contributed by atoms with E-state index in [9.17, 15) is 19.7 Å². The van der Waals surface area contributed by atoms with Crippen LogP contribution in [-0.2, 0) is 4.79 Å². The summed E-state index contributed by atoms with van der Waals surface area (Å²) in [6.45, 7) is 4.11. The van der Waals surface area contributed by atoms with Crippen molar-refractivity contribution in [3.63, 3.8) is 0 Å². The second-order valence-corrected chi connectivity index (χ2v) is 6.72. The lowest BCUT2D eigenvalue weighted by Crippen LogP contribution is -2.55. The highest BCUT2D eigenvalue weighted by atomic mass is 16.6. The second kappa shape index (κ2) is 7.69. The molecule has 1 aliphatic heterocycles. The summed E-state index contributed by atoms with van der Waals surface area (Å²) in [5.74, 6) is 0.0435. The smallest absolute Gasteiger partial charge is 0.321 e. The van der Waals surface area contributed by atoms with E-state index in [4.69, 9.17) is 0 Å². The van der Waals surface area contributed by atoms with Crippen LogP contribution in [0.15, 0.2) is 24.3 Å². The third kappa shape index (κ3) is 4.48. The number of benzene rings is 1. The van der Waals surface area contributed by atoms with Crippen molar-refractivity contribution in [2.75, 3.05) is 31.5 Å². The third-order valence-electron chi connectivity index (χ3n) is 4.76. The number of nitro benzene ring substituents is 1. The lowest BCUT2D eigenvalue weighted by molar-refractivity contribution is -0.384. The van der Waals surface area contributed by atoms with Gasteiger partial charge in [0.05, 0.1) is 11.0 Å². The molecule has 140 valence electrons.